The molecule has 0 aliphatic carbocycles. The van der Waals surface area contributed by atoms with Gasteiger partial charge in [-0.15, -0.1) is 11.3 Å². The summed E-state index contributed by atoms with van der Waals surface area (Å²) in [6.45, 7) is 1.07. The fourth-order valence-corrected chi connectivity index (χ4v) is 5.14. The van der Waals surface area contributed by atoms with Gasteiger partial charge < -0.3 is 10.2 Å². The molecular formula is C25H26N2O2S. The quantitative estimate of drug-likeness (QED) is 0.653. The van der Waals surface area contributed by atoms with Gasteiger partial charge in [-0.3, -0.25) is 9.59 Å². The minimum absolute atomic E-state index is 0.0125. The summed E-state index contributed by atoms with van der Waals surface area (Å²) in [5.41, 5.74) is 2.72. The Kier molecular flexibility index (Phi) is 6.00. The van der Waals surface area contributed by atoms with Crippen LogP contribution in [0.25, 0.3) is 10.4 Å². The Hall–Kier alpha value is -2.92. The zero-order valence-corrected chi connectivity index (χ0v) is 18.0. The van der Waals surface area contributed by atoms with E-state index in [1.807, 2.05) is 53.4 Å². The van der Waals surface area contributed by atoms with Crippen molar-refractivity contribution >= 4 is 23.2 Å². The van der Waals surface area contributed by atoms with E-state index in [-0.39, 0.29) is 11.8 Å². The SMILES string of the molecule is CNC(=O)C1(Cc2ccccc2-c2cccs2)CCN(C(=O)Cc2ccccc2)C1. The molecule has 4 rings (SSSR count). The Bertz CT molecular complexity index is 1020. The first kappa shape index (κ1) is 20.4. The van der Waals surface area contributed by atoms with Crippen molar-refractivity contribution in [2.75, 3.05) is 20.1 Å². The smallest absolute Gasteiger partial charge is 0.228 e. The predicted octanol–water partition coefficient (Wildman–Crippen LogP) is 4.17. The van der Waals surface area contributed by atoms with E-state index in [1.165, 1.54) is 10.4 Å². The molecule has 1 N–H and O–H groups in total. The second-order valence-corrected chi connectivity index (χ2v) is 8.85. The Balaban J connectivity index is 1.57. The zero-order valence-electron chi connectivity index (χ0n) is 17.1. The van der Waals surface area contributed by atoms with E-state index in [2.05, 4.69) is 28.9 Å². The average molecular weight is 419 g/mol. The molecule has 1 unspecified atom stereocenters. The van der Waals surface area contributed by atoms with E-state index >= 15 is 0 Å². The van der Waals surface area contributed by atoms with E-state index < -0.39 is 5.41 Å². The fourth-order valence-electron chi connectivity index (χ4n) is 4.35. The lowest BCUT2D eigenvalue weighted by atomic mass is 9.78. The van der Waals surface area contributed by atoms with Gasteiger partial charge in [-0.1, -0.05) is 60.7 Å². The Morgan fingerprint density at radius 2 is 1.80 bits per heavy atom. The molecule has 4 nitrogen and oxygen atoms in total. The molecule has 0 radical (unpaired) electrons. The van der Waals surface area contributed by atoms with Crippen molar-refractivity contribution in [1.29, 1.82) is 0 Å². The van der Waals surface area contributed by atoms with E-state index in [0.29, 0.717) is 32.4 Å². The lowest BCUT2D eigenvalue weighted by molar-refractivity contribution is -0.132. The Labute approximate surface area is 181 Å². The van der Waals surface area contributed by atoms with Gasteiger partial charge in [0.1, 0.15) is 0 Å². The van der Waals surface area contributed by atoms with Crippen LogP contribution in [0.1, 0.15) is 17.5 Å². The Morgan fingerprint density at radius 3 is 2.53 bits per heavy atom. The first-order valence-corrected chi connectivity index (χ1v) is 11.1. The molecule has 2 amide bonds. The summed E-state index contributed by atoms with van der Waals surface area (Å²) in [6, 6.07) is 22.2. The maximum Gasteiger partial charge on any atom is 0.228 e. The first-order chi connectivity index (χ1) is 14.6. The van der Waals surface area contributed by atoms with Gasteiger partial charge >= 0.3 is 0 Å². The second-order valence-electron chi connectivity index (χ2n) is 7.90. The second kappa shape index (κ2) is 8.84. The molecule has 1 aliphatic rings. The molecule has 0 saturated carbocycles. The molecule has 0 spiro atoms. The van der Waals surface area contributed by atoms with E-state index in [9.17, 15) is 9.59 Å². The number of nitrogens with one attached hydrogen (secondary N) is 1. The first-order valence-electron chi connectivity index (χ1n) is 10.3. The van der Waals surface area contributed by atoms with Crippen molar-refractivity contribution < 1.29 is 9.59 Å². The molecule has 0 bridgehead atoms. The summed E-state index contributed by atoms with van der Waals surface area (Å²) in [5.74, 6) is 0.0945. The molecular weight excluding hydrogens is 392 g/mol. The van der Waals surface area contributed by atoms with Gasteiger partial charge in [-0.05, 0) is 41.0 Å². The number of carbonyl (C=O) groups is 2. The fraction of sp³-hybridized carbons (Fsp3) is 0.280. The van der Waals surface area contributed by atoms with Crippen LogP contribution >= 0.6 is 11.3 Å². The largest absolute Gasteiger partial charge is 0.359 e. The monoisotopic (exact) mass is 418 g/mol. The van der Waals surface area contributed by atoms with Crippen LogP contribution in [0.5, 0.6) is 0 Å². The highest BCUT2D eigenvalue weighted by atomic mass is 32.1. The molecule has 5 heteroatoms. The van der Waals surface area contributed by atoms with Crippen LogP contribution in [0.3, 0.4) is 0 Å². The third-order valence-electron chi connectivity index (χ3n) is 5.95. The van der Waals surface area contributed by atoms with Crippen LogP contribution in [-0.4, -0.2) is 36.9 Å². The van der Waals surface area contributed by atoms with Gasteiger partial charge in [0.2, 0.25) is 11.8 Å². The molecule has 30 heavy (non-hydrogen) atoms. The highest BCUT2D eigenvalue weighted by Gasteiger charge is 2.45. The van der Waals surface area contributed by atoms with Gasteiger partial charge in [-0.25, -0.2) is 0 Å². The van der Waals surface area contributed by atoms with Crippen LogP contribution in [0.4, 0.5) is 0 Å². The zero-order chi connectivity index (χ0) is 21.0. The Morgan fingerprint density at radius 1 is 1.03 bits per heavy atom. The summed E-state index contributed by atoms with van der Waals surface area (Å²) in [4.78, 5) is 29.0. The number of hydrogen-bond acceptors (Lipinski definition) is 3. The summed E-state index contributed by atoms with van der Waals surface area (Å²) in [7, 11) is 1.68. The number of rotatable bonds is 6. The normalized spacial score (nSPS) is 18.4. The highest BCUT2D eigenvalue weighted by Crippen LogP contribution is 2.38. The van der Waals surface area contributed by atoms with Gasteiger partial charge in [0, 0.05) is 25.0 Å². The van der Waals surface area contributed by atoms with E-state index in [1.54, 1.807) is 18.4 Å². The van der Waals surface area contributed by atoms with Crippen LogP contribution < -0.4 is 5.32 Å². The lowest BCUT2D eigenvalue weighted by Crippen LogP contribution is -2.44. The molecule has 3 aromatic rings. The summed E-state index contributed by atoms with van der Waals surface area (Å²) in [5, 5.41) is 4.93. The van der Waals surface area contributed by atoms with Crippen molar-refractivity contribution in [3.05, 3.63) is 83.2 Å². The molecule has 1 saturated heterocycles. The third-order valence-corrected chi connectivity index (χ3v) is 6.85. The summed E-state index contributed by atoms with van der Waals surface area (Å²) < 4.78 is 0. The maximum absolute atomic E-state index is 13.0. The summed E-state index contributed by atoms with van der Waals surface area (Å²) in [6.07, 6.45) is 1.66. The number of benzene rings is 2. The van der Waals surface area contributed by atoms with Crippen molar-refractivity contribution in [2.24, 2.45) is 5.41 Å². The molecule has 1 aliphatic heterocycles. The van der Waals surface area contributed by atoms with E-state index in [4.69, 9.17) is 0 Å². The number of nitrogens with zero attached hydrogens (tertiary/aromatic N) is 1. The van der Waals surface area contributed by atoms with E-state index in [0.717, 1.165) is 11.1 Å². The van der Waals surface area contributed by atoms with Crippen LogP contribution in [0, 0.1) is 5.41 Å². The molecule has 1 fully saturated rings. The number of carbonyl (C=O) groups excluding carboxylic acids is 2. The van der Waals surface area contributed by atoms with Gasteiger partial charge in [0.15, 0.2) is 0 Å². The van der Waals surface area contributed by atoms with Crippen LogP contribution in [0.2, 0.25) is 0 Å². The van der Waals surface area contributed by atoms with Gasteiger partial charge in [0.05, 0.1) is 11.8 Å². The van der Waals surface area contributed by atoms with Gasteiger partial charge in [0.25, 0.3) is 0 Å². The van der Waals surface area contributed by atoms with Crippen molar-refractivity contribution in [1.82, 2.24) is 10.2 Å². The molecule has 1 atom stereocenters. The standard InChI is InChI=1S/C25H26N2O2S/c1-26-24(29)25(17-20-10-5-6-11-21(20)22-12-7-15-30-22)13-14-27(18-25)23(28)16-19-8-3-2-4-9-19/h2-12,15H,13-14,16-18H2,1H3,(H,26,29). The van der Waals surface area contributed by atoms with Crippen molar-refractivity contribution in [3.63, 3.8) is 0 Å². The molecule has 2 aromatic carbocycles. The molecule has 154 valence electrons. The minimum atomic E-state index is -0.603. The number of hydrogen-bond donors (Lipinski definition) is 1. The molecule has 2 heterocycles. The van der Waals surface area contributed by atoms with Crippen LogP contribution in [-0.2, 0) is 22.4 Å². The molecule has 1 aromatic heterocycles. The number of amides is 2. The summed E-state index contributed by atoms with van der Waals surface area (Å²) >= 11 is 1.70. The van der Waals surface area contributed by atoms with Crippen molar-refractivity contribution in [2.45, 2.75) is 19.3 Å². The highest BCUT2D eigenvalue weighted by molar-refractivity contribution is 7.13. The topological polar surface area (TPSA) is 49.4 Å². The average Bonchev–Trinajstić information content (AvgIpc) is 3.45. The minimum Gasteiger partial charge on any atom is -0.359 e. The maximum atomic E-state index is 13.0. The number of likely N-dealkylation sites (tertiary alicyclic amines) is 1. The lowest BCUT2D eigenvalue weighted by Gasteiger charge is -2.28. The third kappa shape index (κ3) is 4.17. The van der Waals surface area contributed by atoms with Gasteiger partial charge in [-0.2, -0.15) is 0 Å². The van der Waals surface area contributed by atoms with Crippen molar-refractivity contribution in [3.8, 4) is 10.4 Å². The predicted molar refractivity (Wildman–Crippen MR) is 121 cm³/mol. The van der Waals surface area contributed by atoms with Crippen LogP contribution in [0.15, 0.2) is 72.1 Å². The number of thiophene rings is 1.